The molecule has 0 saturated carbocycles. The average molecular weight is 244 g/mol. The molecular formula is C9H11Na2O3P. The van der Waals surface area contributed by atoms with Crippen LogP contribution in [-0.4, -0.2) is 0 Å². The fourth-order valence-corrected chi connectivity index (χ4v) is 2.30. The smallest absolute Gasteiger partial charge is 0.810 e. The molecule has 3 nitrogen and oxygen atoms in total. The largest absolute Gasteiger partial charge is 1.00 e. The van der Waals surface area contributed by atoms with E-state index in [0.717, 1.165) is 0 Å². The van der Waals surface area contributed by atoms with Crippen molar-refractivity contribution in [3.05, 3.63) is 35.9 Å². The van der Waals surface area contributed by atoms with Crippen molar-refractivity contribution in [1.82, 2.24) is 0 Å². The second-order valence-corrected chi connectivity index (χ2v) is 4.58. The second kappa shape index (κ2) is 8.46. The maximum absolute atomic E-state index is 10.8. The van der Waals surface area contributed by atoms with Crippen molar-refractivity contribution in [3.8, 4) is 0 Å². The van der Waals surface area contributed by atoms with E-state index in [4.69, 9.17) is 0 Å². The van der Waals surface area contributed by atoms with Crippen LogP contribution in [0.5, 0.6) is 0 Å². The molecule has 0 amide bonds. The summed E-state index contributed by atoms with van der Waals surface area (Å²) in [6.45, 7) is 1.69. The minimum atomic E-state index is -4.50. The first-order valence-electron chi connectivity index (χ1n) is 4.12. The molecule has 0 aliphatic rings. The van der Waals surface area contributed by atoms with Crippen LogP contribution in [0.4, 0.5) is 0 Å². The second-order valence-electron chi connectivity index (χ2n) is 2.87. The van der Waals surface area contributed by atoms with Gasteiger partial charge in [0.2, 0.25) is 0 Å². The van der Waals surface area contributed by atoms with Crippen molar-refractivity contribution >= 4 is 7.60 Å². The van der Waals surface area contributed by atoms with E-state index in [1.165, 1.54) is 0 Å². The summed E-state index contributed by atoms with van der Waals surface area (Å²) in [6, 6.07) is 8.57. The first-order valence-corrected chi connectivity index (χ1v) is 5.73. The third-order valence-corrected chi connectivity index (χ3v) is 3.38. The number of hydrogen-bond acceptors (Lipinski definition) is 3. The maximum Gasteiger partial charge on any atom is 1.00 e. The van der Waals surface area contributed by atoms with Gasteiger partial charge in [-0.25, -0.2) is 0 Å². The van der Waals surface area contributed by atoms with Gasteiger partial charge in [0.25, 0.3) is 0 Å². The van der Waals surface area contributed by atoms with Crippen LogP contribution in [0.3, 0.4) is 0 Å². The van der Waals surface area contributed by atoms with E-state index in [1.54, 1.807) is 37.3 Å². The predicted molar refractivity (Wildman–Crippen MR) is 47.1 cm³/mol. The first-order chi connectivity index (χ1) is 6.05. The molecule has 1 rings (SSSR count). The van der Waals surface area contributed by atoms with Crippen LogP contribution >= 0.6 is 7.60 Å². The topological polar surface area (TPSA) is 63.2 Å². The Labute approximate surface area is 134 Å². The third-order valence-electron chi connectivity index (χ3n) is 1.95. The van der Waals surface area contributed by atoms with Crippen LogP contribution in [0, 0.1) is 0 Å². The van der Waals surface area contributed by atoms with Gasteiger partial charge in [-0.3, -0.25) is 0 Å². The van der Waals surface area contributed by atoms with Gasteiger partial charge in [-0.15, -0.1) is 0 Å². The van der Waals surface area contributed by atoms with E-state index in [0.29, 0.717) is 12.0 Å². The van der Waals surface area contributed by atoms with Gasteiger partial charge >= 0.3 is 59.1 Å². The zero-order chi connectivity index (χ0) is 9.90. The van der Waals surface area contributed by atoms with Crippen molar-refractivity contribution in [1.29, 1.82) is 0 Å². The molecule has 0 radical (unpaired) electrons. The molecule has 1 atom stereocenters. The van der Waals surface area contributed by atoms with Gasteiger partial charge in [-0.2, -0.15) is 0 Å². The summed E-state index contributed by atoms with van der Waals surface area (Å²) in [7, 11) is -4.50. The molecule has 0 fully saturated rings. The van der Waals surface area contributed by atoms with E-state index in [9.17, 15) is 14.4 Å². The van der Waals surface area contributed by atoms with E-state index < -0.39 is 13.3 Å². The van der Waals surface area contributed by atoms with Crippen LogP contribution in [0.25, 0.3) is 0 Å². The van der Waals surface area contributed by atoms with E-state index in [1.807, 2.05) is 0 Å². The molecule has 0 N–H and O–H groups in total. The zero-order valence-corrected chi connectivity index (χ0v) is 14.2. The van der Waals surface area contributed by atoms with Crippen LogP contribution < -0.4 is 68.9 Å². The van der Waals surface area contributed by atoms with Crippen molar-refractivity contribution in [2.24, 2.45) is 0 Å². The Morgan fingerprint density at radius 1 is 1.20 bits per heavy atom. The monoisotopic (exact) mass is 244 g/mol. The Bertz CT molecular complexity index is 312. The van der Waals surface area contributed by atoms with Crippen molar-refractivity contribution in [2.45, 2.75) is 19.0 Å². The molecule has 0 spiro atoms. The Balaban J connectivity index is 0. The Kier molecular flexibility index (Phi) is 10.6. The fourth-order valence-electron chi connectivity index (χ4n) is 1.32. The zero-order valence-electron chi connectivity index (χ0n) is 9.34. The fraction of sp³-hybridized carbons (Fsp3) is 0.333. The normalized spacial score (nSPS) is 12.2. The third kappa shape index (κ3) is 6.02. The van der Waals surface area contributed by atoms with E-state index in [-0.39, 0.29) is 59.1 Å². The maximum atomic E-state index is 10.8. The number of benzene rings is 1. The summed E-state index contributed by atoms with van der Waals surface area (Å²) >= 11 is 0. The molecule has 0 aromatic heterocycles. The van der Waals surface area contributed by atoms with Gasteiger partial charge in [0.15, 0.2) is 0 Å². The summed E-state index contributed by atoms with van der Waals surface area (Å²) in [5, 5.41) is 0. The standard InChI is InChI=1S/C9H13O3P.2Na/c1-2-9(13(10,11)12)8-6-4-3-5-7-8;;/h3-7,9H,2H2,1H3,(H2,10,11,12);;/q;2*+1/p-2. The molecule has 0 heterocycles. The molecule has 0 bridgehead atoms. The molecule has 0 aliphatic carbocycles. The van der Waals surface area contributed by atoms with E-state index in [2.05, 4.69) is 0 Å². The van der Waals surface area contributed by atoms with Crippen molar-refractivity contribution in [3.63, 3.8) is 0 Å². The van der Waals surface area contributed by atoms with Gasteiger partial charge in [0.1, 0.15) is 0 Å². The molecule has 0 aliphatic heterocycles. The van der Waals surface area contributed by atoms with Gasteiger partial charge in [-0.1, -0.05) is 44.9 Å². The number of hydrogen-bond donors (Lipinski definition) is 0. The summed E-state index contributed by atoms with van der Waals surface area (Å²) in [5.74, 6) is 0. The van der Waals surface area contributed by atoms with Gasteiger partial charge in [0, 0.05) is 5.66 Å². The first kappa shape index (κ1) is 18.7. The SMILES string of the molecule is CCC(c1ccccc1)P(=O)([O-])[O-].[Na+].[Na+]. The van der Waals surface area contributed by atoms with Crippen LogP contribution in [0.15, 0.2) is 30.3 Å². The van der Waals surface area contributed by atoms with E-state index >= 15 is 0 Å². The van der Waals surface area contributed by atoms with Gasteiger partial charge in [0.05, 0.1) is 0 Å². The minimum absolute atomic E-state index is 0. The van der Waals surface area contributed by atoms with Crippen molar-refractivity contribution in [2.75, 3.05) is 0 Å². The molecule has 1 aromatic carbocycles. The summed E-state index contributed by atoms with van der Waals surface area (Å²) in [6.07, 6.45) is 0.328. The quantitative estimate of drug-likeness (QED) is 0.395. The van der Waals surface area contributed by atoms with Crippen molar-refractivity contribution < 1.29 is 73.5 Å². The summed E-state index contributed by atoms with van der Waals surface area (Å²) in [5.41, 5.74) is -0.299. The summed E-state index contributed by atoms with van der Waals surface area (Å²) in [4.78, 5) is 21.7. The molecule has 1 aromatic rings. The van der Waals surface area contributed by atoms with Crippen LogP contribution in [0.1, 0.15) is 24.6 Å². The molecule has 1 unspecified atom stereocenters. The Morgan fingerprint density at radius 2 is 1.67 bits per heavy atom. The van der Waals surface area contributed by atoms with Gasteiger partial charge < -0.3 is 14.4 Å². The molecule has 72 valence electrons. The molecule has 6 heteroatoms. The van der Waals surface area contributed by atoms with Crippen LogP contribution in [-0.2, 0) is 4.57 Å². The summed E-state index contributed by atoms with van der Waals surface area (Å²) < 4.78 is 10.8. The minimum Gasteiger partial charge on any atom is -0.810 e. The average Bonchev–Trinajstić information content (AvgIpc) is 2.05. The molecule has 15 heavy (non-hydrogen) atoms. The van der Waals surface area contributed by atoms with Gasteiger partial charge in [-0.05, 0) is 12.0 Å². The molecule has 0 saturated heterocycles. The number of rotatable bonds is 3. The molecular weight excluding hydrogens is 233 g/mol. The Hall–Kier alpha value is 1.37. The Morgan fingerprint density at radius 3 is 2.00 bits per heavy atom. The van der Waals surface area contributed by atoms with Crippen LogP contribution in [0.2, 0.25) is 0 Å². The predicted octanol–water partition coefficient (Wildman–Crippen LogP) is -4.94.